The minimum Gasteiger partial charge on any atom is -0.466 e. The third-order valence-electron chi connectivity index (χ3n) is 7.00. The van der Waals surface area contributed by atoms with Gasteiger partial charge >= 0.3 is 5.97 Å². The number of rotatable bonds is 10. The van der Waals surface area contributed by atoms with Crippen LogP contribution in [-0.4, -0.2) is 41.4 Å². The van der Waals surface area contributed by atoms with E-state index >= 15 is 0 Å². The number of methoxy groups -OCH3 is 1. The normalized spacial score (nSPS) is 19.6. The Morgan fingerprint density at radius 1 is 1.12 bits per heavy atom. The monoisotopic (exact) mass is 474 g/mol. The van der Waals surface area contributed by atoms with Crippen molar-refractivity contribution < 1.29 is 28.2 Å². The number of benzene rings is 1. The molecule has 0 unspecified atom stereocenters. The fourth-order valence-corrected chi connectivity index (χ4v) is 11.1. The van der Waals surface area contributed by atoms with Gasteiger partial charge in [0.05, 0.1) is 19.8 Å². The topological polar surface area (TPSA) is 63.2 Å². The van der Waals surface area contributed by atoms with Gasteiger partial charge in [-0.2, -0.15) is 0 Å². The predicted octanol–water partition coefficient (Wildman–Crippen LogP) is 6.04. The first kappa shape index (κ1) is 25.5. The van der Waals surface area contributed by atoms with Crippen LogP contribution in [0.25, 0.3) is 6.08 Å². The van der Waals surface area contributed by atoms with Gasteiger partial charge in [0.2, 0.25) is 6.79 Å². The van der Waals surface area contributed by atoms with E-state index in [0.717, 1.165) is 11.1 Å². The molecule has 0 spiro atoms. The maximum Gasteiger partial charge on any atom is 0.334 e. The Morgan fingerprint density at radius 2 is 1.73 bits per heavy atom. The van der Waals surface area contributed by atoms with Crippen molar-refractivity contribution in [3.8, 4) is 11.5 Å². The maximum atomic E-state index is 12.9. The minimum atomic E-state index is -2.16. The van der Waals surface area contributed by atoms with E-state index in [1.807, 2.05) is 18.2 Å². The highest BCUT2D eigenvalue weighted by Gasteiger charge is 2.47. The minimum absolute atomic E-state index is 0.182. The van der Waals surface area contributed by atoms with Gasteiger partial charge in [-0.15, -0.1) is 6.58 Å². The van der Waals surface area contributed by atoms with Gasteiger partial charge in [-0.3, -0.25) is 0 Å². The van der Waals surface area contributed by atoms with Gasteiger partial charge in [-0.25, -0.2) is 4.79 Å². The lowest BCUT2D eigenvalue weighted by Crippen LogP contribution is -2.49. The molecule has 0 bridgehead atoms. The average molecular weight is 475 g/mol. The summed E-state index contributed by atoms with van der Waals surface area (Å²) in [5, 5.41) is 0. The van der Waals surface area contributed by atoms with Gasteiger partial charge in [0.15, 0.2) is 19.8 Å². The van der Waals surface area contributed by atoms with Crippen LogP contribution < -0.4 is 9.47 Å². The van der Waals surface area contributed by atoms with Crippen molar-refractivity contribution in [3.63, 3.8) is 0 Å². The average Bonchev–Trinajstić information content (AvgIpc) is 3.22. The third-order valence-corrected chi connectivity index (χ3v) is 13.1. The molecular weight excluding hydrogens is 436 g/mol. The molecule has 0 aromatic heterocycles. The number of carbonyl (C=O) groups is 1. The highest BCUT2D eigenvalue weighted by Crippen LogP contribution is 2.48. The number of hydrogen-bond acceptors (Lipinski definition) is 6. The molecule has 0 fully saturated rings. The Hall–Kier alpha value is -2.09. The Kier molecular flexibility index (Phi) is 8.08. The molecule has 1 aliphatic heterocycles. The first-order valence-electron chi connectivity index (χ1n) is 11.8. The summed E-state index contributed by atoms with van der Waals surface area (Å²) in [7, 11) is -0.747. The second kappa shape index (κ2) is 10.4. The van der Waals surface area contributed by atoms with E-state index in [0.29, 0.717) is 46.9 Å². The molecular formula is C26H38O6Si. The van der Waals surface area contributed by atoms with Crippen molar-refractivity contribution in [1.29, 1.82) is 0 Å². The van der Waals surface area contributed by atoms with E-state index < -0.39 is 14.4 Å². The lowest BCUT2D eigenvalue weighted by molar-refractivity contribution is -0.137. The van der Waals surface area contributed by atoms with Crippen LogP contribution in [0, 0.1) is 5.92 Å². The zero-order valence-electron chi connectivity index (χ0n) is 21.0. The Labute approximate surface area is 199 Å². The van der Waals surface area contributed by atoms with E-state index in [4.69, 9.17) is 23.4 Å². The van der Waals surface area contributed by atoms with Crippen LogP contribution in [0.15, 0.2) is 30.4 Å². The molecule has 182 valence electrons. The molecule has 1 aromatic rings. The molecule has 0 amide bonds. The molecule has 1 aliphatic carbocycles. The van der Waals surface area contributed by atoms with Crippen LogP contribution in [0.5, 0.6) is 11.5 Å². The van der Waals surface area contributed by atoms with Crippen molar-refractivity contribution in [2.75, 3.05) is 27.1 Å². The molecule has 0 N–H and O–H groups in total. The molecule has 0 saturated carbocycles. The Bertz CT molecular complexity index is 883. The van der Waals surface area contributed by atoms with Crippen LogP contribution in [-0.2, 0) is 18.7 Å². The van der Waals surface area contributed by atoms with Crippen LogP contribution >= 0.6 is 0 Å². The molecule has 1 heterocycles. The van der Waals surface area contributed by atoms with E-state index in [-0.39, 0.29) is 18.7 Å². The van der Waals surface area contributed by atoms with Gasteiger partial charge < -0.3 is 23.4 Å². The summed E-state index contributed by atoms with van der Waals surface area (Å²) in [6.45, 7) is 18.3. The maximum absolute atomic E-state index is 12.9. The van der Waals surface area contributed by atoms with E-state index in [2.05, 4.69) is 48.1 Å². The molecule has 2 atom stereocenters. The van der Waals surface area contributed by atoms with Crippen molar-refractivity contribution in [1.82, 2.24) is 0 Å². The summed E-state index contributed by atoms with van der Waals surface area (Å²) >= 11 is 0. The highest BCUT2D eigenvalue weighted by molar-refractivity contribution is 6.77. The van der Waals surface area contributed by atoms with Crippen molar-refractivity contribution >= 4 is 20.4 Å². The smallest absolute Gasteiger partial charge is 0.334 e. The zero-order chi connectivity index (χ0) is 24.3. The summed E-state index contributed by atoms with van der Waals surface area (Å²) in [5.41, 5.74) is 3.66. The molecule has 33 heavy (non-hydrogen) atoms. The fourth-order valence-electron chi connectivity index (χ4n) is 5.62. The molecule has 2 aliphatic rings. The standard InChI is InChI=1S/C26H38O6Si/c1-9-10-29-25-20-13-24-23(30-15-31-24)12-19(20)11-21(26(27)28-8)22(25)14-32-33(16(2)3,17(4)5)18(6)7/h9,11-13,16-18,22,25H,1,10,14-15H2,2-8H3/t22-,25-/m0/s1. The zero-order valence-corrected chi connectivity index (χ0v) is 22.0. The molecule has 6 nitrogen and oxygen atoms in total. The first-order chi connectivity index (χ1) is 15.7. The first-order valence-corrected chi connectivity index (χ1v) is 13.9. The summed E-state index contributed by atoms with van der Waals surface area (Å²) in [6.07, 6.45) is 3.20. The van der Waals surface area contributed by atoms with Crippen LogP contribution in [0.1, 0.15) is 58.8 Å². The van der Waals surface area contributed by atoms with Gasteiger partial charge in [0, 0.05) is 18.1 Å². The summed E-state index contributed by atoms with van der Waals surface area (Å²) in [6, 6.07) is 3.86. The van der Waals surface area contributed by atoms with Gasteiger partial charge in [0.25, 0.3) is 0 Å². The summed E-state index contributed by atoms with van der Waals surface area (Å²) < 4.78 is 29.6. The number of fused-ring (bicyclic) bond motifs is 2. The fraction of sp³-hybridized carbons (Fsp3) is 0.577. The molecule has 0 radical (unpaired) electrons. The van der Waals surface area contributed by atoms with E-state index in [9.17, 15) is 4.79 Å². The summed E-state index contributed by atoms with van der Waals surface area (Å²) in [5.74, 6) is 0.668. The number of hydrogen-bond donors (Lipinski definition) is 0. The second-order valence-electron chi connectivity index (χ2n) is 9.70. The largest absolute Gasteiger partial charge is 0.466 e. The predicted molar refractivity (Wildman–Crippen MR) is 132 cm³/mol. The van der Waals surface area contributed by atoms with Crippen molar-refractivity contribution in [3.05, 3.63) is 41.5 Å². The Balaban J connectivity index is 2.06. The second-order valence-corrected chi connectivity index (χ2v) is 15.2. The van der Waals surface area contributed by atoms with Gasteiger partial charge in [-0.1, -0.05) is 47.6 Å². The van der Waals surface area contributed by atoms with Crippen molar-refractivity contribution in [2.45, 2.75) is 64.3 Å². The van der Waals surface area contributed by atoms with Crippen molar-refractivity contribution in [2.24, 2.45) is 5.92 Å². The van der Waals surface area contributed by atoms with Crippen LogP contribution in [0.3, 0.4) is 0 Å². The number of esters is 1. The molecule has 1 aromatic carbocycles. The van der Waals surface area contributed by atoms with Gasteiger partial charge in [0.1, 0.15) is 0 Å². The van der Waals surface area contributed by atoms with Crippen LogP contribution in [0.2, 0.25) is 16.6 Å². The van der Waals surface area contributed by atoms with Gasteiger partial charge in [-0.05, 0) is 46.0 Å². The SMILES string of the molecule is C=CCO[C@H]1c2cc3c(cc2C=C(C(=O)OC)[C@@H]1CO[Si](C(C)C)(C(C)C)C(C)C)OCO3. The summed E-state index contributed by atoms with van der Waals surface area (Å²) in [4.78, 5) is 12.9. The third kappa shape index (κ3) is 4.77. The Morgan fingerprint density at radius 3 is 2.27 bits per heavy atom. The quantitative estimate of drug-likeness (QED) is 0.234. The number of carbonyl (C=O) groups excluding carboxylic acids is 1. The molecule has 7 heteroatoms. The number of ether oxygens (including phenoxy) is 4. The molecule has 3 rings (SSSR count). The van der Waals surface area contributed by atoms with E-state index in [1.54, 1.807) is 6.08 Å². The van der Waals surface area contributed by atoms with Crippen LogP contribution in [0.4, 0.5) is 0 Å². The highest BCUT2D eigenvalue weighted by atomic mass is 28.4. The molecule has 0 saturated heterocycles. The van der Waals surface area contributed by atoms with E-state index in [1.165, 1.54) is 7.11 Å². The lowest BCUT2D eigenvalue weighted by atomic mass is 9.81. The lowest BCUT2D eigenvalue weighted by Gasteiger charge is -2.44.